The summed E-state index contributed by atoms with van der Waals surface area (Å²) in [4.78, 5) is 20.4. The molecular formula is C17H17N3O3. The van der Waals surface area contributed by atoms with Crippen LogP contribution in [0.1, 0.15) is 6.92 Å². The maximum atomic E-state index is 12.2. The number of benzene rings is 1. The molecule has 0 fully saturated rings. The van der Waals surface area contributed by atoms with E-state index in [1.54, 1.807) is 24.3 Å². The third-order valence-corrected chi connectivity index (χ3v) is 2.94. The van der Waals surface area contributed by atoms with Crippen LogP contribution >= 0.6 is 0 Å². The summed E-state index contributed by atoms with van der Waals surface area (Å²) >= 11 is 0. The summed E-state index contributed by atoms with van der Waals surface area (Å²) in [5.74, 6) is -0.0926. The first-order chi connectivity index (χ1) is 11.1. The Morgan fingerprint density at radius 2 is 2.00 bits per heavy atom. The minimum atomic E-state index is -0.443. The largest absolute Gasteiger partial charge is 0.512 e. The Morgan fingerprint density at radius 1 is 1.26 bits per heavy atom. The highest BCUT2D eigenvalue weighted by Crippen LogP contribution is 2.15. The summed E-state index contributed by atoms with van der Waals surface area (Å²) in [7, 11) is 1.52. The number of amides is 1. The molecule has 1 aromatic carbocycles. The Kier molecular flexibility index (Phi) is 5.46. The van der Waals surface area contributed by atoms with Crippen molar-refractivity contribution in [2.24, 2.45) is 4.99 Å². The van der Waals surface area contributed by atoms with E-state index in [0.717, 1.165) is 0 Å². The quantitative estimate of drug-likeness (QED) is 0.504. The molecule has 0 aliphatic carbocycles. The third kappa shape index (κ3) is 4.67. The first-order valence-corrected chi connectivity index (χ1v) is 6.90. The average molecular weight is 311 g/mol. The highest BCUT2D eigenvalue weighted by Gasteiger charge is 2.11. The zero-order chi connectivity index (χ0) is 16.7. The average Bonchev–Trinajstić information content (AvgIpc) is 2.56. The summed E-state index contributed by atoms with van der Waals surface area (Å²) < 4.78 is 4.96. The van der Waals surface area contributed by atoms with Gasteiger partial charge < -0.3 is 15.2 Å². The van der Waals surface area contributed by atoms with E-state index in [1.165, 1.54) is 26.4 Å². The van der Waals surface area contributed by atoms with E-state index >= 15 is 0 Å². The topological polar surface area (TPSA) is 83.8 Å². The van der Waals surface area contributed by atoms with Crippen molar-refractivity contribution in [2.75, 3.05) is 12.4 Å². The molecule has 1 heterocycles. The van der Waals surface area contributed by atoms with E-state index in [2.05, 4.69) is 15.3 Å². The van der Waals surface area contributed by atoms with Gasteiger partial charge in [0.05, 0.1) is 24.6 Å². The van der Waals surface area contributed by atoms with Crippen molar-refractivity contribution in [1.29, 1.82) is 0 Å². The molecule has 6 heteroatoms. The Labute approximate surface area is 134 Å². The Morgan fingerprint density at radius 3 is 2.57 bits per heavy atom. The van der Waals surface area contributed by atoms with Crippen molar-refractivity contribution in [3.8, 4) is 5.88 Å². The minimum Gasteiger partial charge on any atom is -0.512 e. The SMILES string of the molecule is COc1ccc(N=CC(C(=O)Nc2ccccc2)=C(C)O)cn1. The van der Waals surface area contributed by atoms with E-state index < -0.39 is 5.91 Å². The molecule has 118 valence electrons. The van der Waals surface area contributed by atoms with E-state index in [0.29, 0.717) is 17.3 Å². The van der Waals surface area contributed by atoms with Gasteiger partial charge in [-0.1, -0.05) is 18.2 Å². The number of pyridine rings is 1. The molecule has 2 rings (SSSR count). The van der Waals surface area contributed by atoms with Gasteiger partial charge in [-0.25, -0.2) is 4.98 Å². The number of aliphatic hydroxyl groups excluding tert-OH is 1. The maximum Gasteiger partial charge on any atom is 0.260 e. The molecule has 0 aliphatic rings. The van der Waals surface area contributed by atoms with E-state index in [9.17, 15) is 9.90 Å². The molecule has 23 heavy (non-hydrogen) atoms. The number of hydrogen-bond acceptors (Lipinski definition) is 5. The maximum absolute atomic E-state index is 12.2. The van der Waals surface area contributed by atoms with Gasteiger partial charge >= 0.3 is 0 Å². The van der Waals surface area contributed by atoms with Crippen LogP contribution in [0.25, 0.3) is 0 Å². The smallest absolute Gasteiger partial charge is 0.260 e. The van der Waals surface area contributed by atoms with Crippen LogP contribution in [0.4, 0.5) is 11.4 Å². The lowest BCUT2D eigenvalue weighted by molar-refractivity contribution is -0.112. The second kappa shape index (κ2) is 7.74. The van der Waals surface area contributed by atoms with Crippen molar-refractivity contribution in [2.45, 2.75) is 6.92 Å². The fourth-order valence-corrected chi connectivity index (χ4v) is 1.74. The van der Waals surface area contributed by atoms with Crippen molar-refractivity contribution < 1.29 is 14.6 Å². The Bertz CT molecular complexity index is 719. The van der Waals surface area contributed by atoms with Gasteiger partial charge in [-0.05, 0) is 25.1 Å². The van der Waals surface area contributed by atoms with E-state index in [-0.39, 0.29) is 11.3 Å². The highest BCUT2D eigenvalue weighted by atomic mass is 16.5. The number of rotatable bonds is 5. The lowest BCUT2D eigenvalue weighted by atomic mass is 10.2. The molecule has 0 saturated carbocycles. The summed E-state index contributed by atoms with van der Waals surface area (Å²) in [6, 6.07) is 12.3. The van der Waals surface area contributed by atoms with Crippen molar-refractivity contribution in [3.63, 3.8) is 0 Å². The van der Waals surface area contributed by atoms with Crippen LogP contribution in [0.5, 0.6) is 5.88 Å². The lowest BCUT2D eigenvalue weighted by Gasteiger charge is -2.06. The number of methoxy groups -OCH3 is 1. The first kappa shape index (κ1) is 16.2. The fraction of sp³-hybridized carbons (Fsp3) is 0.118. The number of nitrogens with zero attached hydrogens (tertiary/aromatic N) is 2. The van der Waals surface area contributed by atoms with Crippen LogP contribution in [-0.4, -0.2) is 29.3 Å². The second-order valence-corrected chi connectivity index (χ2v) is 4.64. The van der Waals surface area contributed by atoms with Crippen LogP contribution in [0.15, 0.2) is 65.0 Å². The predicted octanol–water partition coefficient (Wildman–Crippen LogP) is 3.26. The molecule has 0 bridgehead atoms. The van der Waals surface area contributed by atoms with Gasteiger partial charge in [-0.2, -0.15) is 0 Å². The number of carbonyl (C=O) groups excluding carboxylic acids is 1. The zero-order valence-corrected chi connectivity index (χ0v) is 12.9. The minimum absolute atomic E-state index is 0.0738. The number of carbonyl (C=O) groups is 1. The number of aliphatic hydroxyl groups is 1. The molecule has 0 radical (unpaired) electrons. The summed E-state index contributed by atoms with van der Waals surface area (Å²) in [6.45, 7) is 1.43. The Balaban J connectivity index is 2.13. The van der Waals surface area contributed by atoms with Crippen molar-refractivity contribution >= 4 is 23.5 Å². The van der Waals surface area contributed by atoms with Gasteiger partial charge in [0, 0.05) is 18.0 Å². The third-order valence-electron chi connectivity index (χ3n) is 2.94. The molecule has 2 N–H and O–H groups in total. The molecule has 1 aromatic heterocycles. The van der Waals surface area contributed by atoms with Crippen LogP contribution in [0.2, 0.25) is 0 Å². The van der Waals surface area contributed by atoms with Crippen molar-refractivity contribution in [1.82, 2.24) is 4.98 Å². The van der Waals surface area contributed by atoms with Crippen LogP contribution in [0.3, 0.4) is 0 Å². The van der Waals surface area contributed by atoms with Gasteiger partial charge in [0.2, 0.25) is 5.88 Å². The van der Waals surface area contributed by atoms with Crippen LogP contribution in [0, 0.1) is 0 Å². The van der Waals surface area contributed by atoms with Gasteiger partial charge in [0.1, 0.15) is 5.76 Å². The molecular weight excluding hydrogens is 294 g/mol. The summed E-state index contributed by atoms with van der Waals surface area (Å²) in [5.41, 5.74) is 1.25. The standard InChI is InChI=1S/C17H17N3O3/c1-12(21)15(17(22)20-13-6-4-3-5-7-13)11-18-14-8-9-16(23-2)19-10-14/h3-11,21H,1-2H3,(H,20,22). The van der Waals surface area contributed by atoms with Crippen LogP contribution in [-0.2, 0) is 4.79 Å². The fourth-order valence-electron chi connectivity index (χ4n) is 1.74. The number of aliphatic imine (C=N–C) groups is 1. The molecule has 0 atom stereocenters. The van der Waals surface area contributed by atoms with Crippen LogP contribution < -0.4 is 10.1 Å². The molecule has 2 aromatic rings. The van der Waals surface area contributed by atoms with E-state index in [1.807, 2.05) is 18.2 Å². The summed E-state index contributed by atoms with van der Waals surface area (Å²) in [5, 5.41) is 12.4. The molecule has 6 nitrogen and oxygen atoms in total. The zero-order valence-electron chi connectivity index (χ0n) is 12.9. The highest BCUT2D eigenvalue weighted by molar-refractivity contribution is 6.18. The monoisotopic (exact) mass is 311 g/mol. The number of anilines is 1. The number of hydrogen-bond donors (Lipinski definition) is 2. The normalized spacial score (nSPS) is 11.9. The van der Waals surface area contributed by atoms with Gasteiger partial charge in [0.15, 0.2) is 0 Å². The predicted molar refractivity (Wildman–Crippen MR) is 89.3 cm³/mol. The number of allylic oxidation sites excluding steroid dienone is 1. The van der Waals surface area contributed by atoms with Gasteiger partial charge in [0.25, 0.3) is 5.91 Å². The van der Waals surface area contributed by atoms with Crippen molar-refractivity contribution in [3.05, 3.63) is 60.0 Å². The number of nitrogens with one attached hydrogen (secondary N) is 1. The molecule has 0 unspecified atom stereocenters. The lowest BCUT2D eigenvalue weighted by Crippen LogP contribution is -2.16. The molecule has 0 spiro atoms. The molecule has 1 amide bonds. The molecule has 0 saturated heterocycles. The number of aromatic nitrogens is 1. The number of para-hydroxylation sites is 1. The van der Waals surface area contributed by atoms with Gasteiger partial charge in [-0.15, -0.1) is 0 Å². The second-order valence-electron chi connectivity index (χ2n) is 4.64. The Hall–Kier alpha value is -3.15. The first-order valence-electron chi connectivity index (χ1n) is 6.90. The van der Waals surface area contributed by atoms with Gasteiger partial charge in [-0.3, -0.25) is 9.79 Å². The number of ether oxygens (including phenoxy) is 1. The molecule has 0 aliphatic heterocycles. The summed E-state index contributed by atoms with van der Waals surface area (Å²) in [6.07, 6.45) is 2.81. The van der Waals surface area contributed by atoms with E-state index in [4.69, 9.17) is 4.74 Å².